The van der Waals surface area contributed by atoms with Gasteiger partial charge in [0.05, 0.1) is 3.79 Å². The minimum Gasteiger partial charge on any atom is -0.479 e. The molecule has 0 aliphatic carbocycles. The zero-order valence-corrected chi connectivity index (χ0v) is 8.68. The van der Waals surface area contributed by atoms with Crippen LogP contribution in [-0.2, 0) is 4.79 Å². The van der Waals surface area contributed by atoms with E-state index in [-0.39, 0.29) is 0 Å². The Balaban J connectivity index is 2.78. The van der Waals surface area contributed by atoms with E-state index < -0.39 is 18.2 Å². The Morgan fingerprint density at radius 2 is 2.23 bits per heavy atom. The largest absolute Gasteiger partial charge is 0.479 e. The van der Waals surface area contributed by atoms with Crippen molar-refractivity contribution in [2.75, 3.05) is 0 Å². The predicted octanol–water partition coefficient (Wildman–Crippen LogP) is 1.97. The highest BCUT2D eigenvalue weighted by Crippen LogP contribution is 2.29. The van der Waals surface area contributed by atoms with E-state index in [0.717, 1.165) is 15.1 Å². The molecule has 0 saturated carbocycles. The molecule has 1 aromatic rings. The third-order valence-electron chi connectivity index (χ3n) is 1.40. The van der Waals surface area contributed by atoms with Crippen LogP contribution in [0.15, 0.2) is 15.9 Å². The number of hydrogen-bond acceptors (Lipinski definition) is 3. The van der Waals surface area contributed by atoms with Crippen LogP contribution in [0.3, 0.4) is 0 Å². The third kappa shape index (κ3) is 2.49. The Kier molecular flexibility index (Phi) is 3.40. The van der Waals surface area contributed by atoms with Crippen molar-refractivity contribution in [2.45, 2.75) is 12.3 Å². The first-order chi connectivity index (χ1) is 6.02. The first-order valence-corrected chi connectivity index (χ1v) is 4.93. The maximum atomic E-state index is 12.8. The molecule has 13 heavy (non-hydrogen) atoms. The van der Waals surface area contributed by atoms with Gasteiger partial charge in [0.15, 0.2) is 0 Å². The number of aliphatic hydroxyl groups is 1. The van der Waals surface area contributed by atoms with Crippen molar-refractivity contribution in [2.24, 2.45) is 0 Å². The maximum Gasteiger partial charge on any atom is 0.341 e. The molecule has 0 radical (unpaired) electrons. The van der Waals surface area contributed by atoms with Crippen molar-refractivity contribution in [1.29, 1.82) is 0 Å². The number of aliphatic hydroxyl groups excluding tert-OH is 1. The predicted molar refractivity (Wildman–Crippen MR) is 49.5 cm³/mol. The standard InChI is InChI=1S/C7H6BrFO3S/c8-4-2-1-3(13-4)6(10)5(9)7(11)12/h1-2,5-6,10H,(H,11,12). The lowest BCUT2D eigenvalue weighted by atomic mass is 10.2. The fraction of sp³-hybridized carbons (Fsp3) is 0.286. The van der Waals surface area contributed by atoms with Crippen molar-refractivity contribution in [3.05, 3.63) is 20.8 Å². The summed E-state index contributed by atoms with van der Waals surface area (Å²) in [6.45, 7) is 0. The Hall–Kier alpha value is -0.460. The number of carboxylic acids is 1. The molecule has 2 unspecified atom stereocenters. The fourth-order valence-electron chi connectivity index (χ4n) is 0.767. The summed E-state index contributed by atoms with van der Waals surface area (Å²) >= 11 is 4.23. The van der Waals surface area contributed by atoms with Crippen LogP contribution < -0.4 is 0 Å². The quantitative estimate of drug-likeness (QED) is 0.881. The van der Waals surface area contributed by atoms with E-state index in [2.05, 4.69) is 15.9 Å². The van der Waals surface area contributed by atoms with Crippen LogP contribution in [0.4, 0.5) is 4.39 Å². The number of rotatable bonds is 3. The summed E-state index contributed by atoms with van der Waals surface area (Å²) in [4.78, 5) is 10.5. The molecule has 0 saturated heterocycles. The second kappa shape index (κ2) is 4.17. The minimum atomic E-state index is -2.27. The summed E-state index contributed by atoms with van der Waals surface area (Å²) in [7, 11) is 0. The number of carbonyl (C=O) groups is 1. The van der Waals surface area contributed by atoms with Gasteiger partial charge in [0, 0.05) is 4.88 Å². The lowest BCUT2D eigenvalue weighted by Gasteiger charge is -2.08. The van der Waals surface area contributed by atoms with Gasteiger partial charge in [-0.2, -0.15) is 0 Å². The molecule has 6 heteroatoms. The zero-order valence-electron chi connectivity index (χ0n) is 6.28. The van der Waals surface area contributed by atoms with Gasteiger partial charge in [0.1, 0.15) is 6.10 Å². The molecule has 1 heterocycles. The van der Waals surface area contributed by atoms with E-state index in [9.17, 15) is 14.3 Å². The smallest absolute Gasteiger partial charge is 0.341 e. The molecule has 0 fully saturated rings. The molecule has 72 valence electrons. The number of thiophene rings is 1. The van der Waals surface area contributed by atoms with Crippen molar-refractivity contribution >= 4 is 33.2 Å². The van der Waals surface area contributed by atoms with Gasteiger partial charge in [0.2, 0.25) is 6.17 Å². The molecule has 2 N–H and O–H groups in total. The van der Waals surface area contributed by atoms with E-state index in [1.165, 1.54) is 6.07 Å². The van der Waals surface area contributed by atoms with Crippen LogP contribution in [-0.4, -0.2) is 22.4 Å². The highest BCUT2D eigenvalue weighted by Gasteiger charge is 2.28. The van der Waals surface area contributed by atoms with Gasteiger partial charge in [-0.15, -0.1) is 11.3 Å². The van der Waals surface area contributed by atoms with Gasteiger partial charge in [-0.05, 0) is 28.1 Å². The van der Waals surface area contributed by atoms with E-state index in [1.807, 2.05) is 0 Å². The second-order valence-corrected chi connectivity index (χ2v) is 4.82. The van der Waals surface area contributed by atoms with Crippen LogP contribution in [0.1, 0.15) is 11.0 Å². The summed E-state index contributed by atoms with van der Waals surface area (Å²) in [5.74, 6) is -1.66. The lowest BCUT2D eigenvalue weighted by molar-refractivity contribution is -0.147. The molecule has 0 aliphatic heterocycles. The van der Waals surface area contributed by atoms with Crippen LogP contribution in [0.2, 0.25) is 0 Å². The van der Waals surface area contributed by atoms with E-state index in [4.69, 9.17) is 5.11 Å². The molecule has 0 aliphatic rings. The monoisotopic (exact) mass is 268 g/mol. The van der Waals surface area contributed by atoms with Crippen LogP contribution in [0, 0.1) is 0 Å². The molecule has 3 nitrogen and oxygen atoms in total. The Labute approximate surface area is 85.9 Å². The van der Waals surface area contributed by atoms with Crippen molar-refractivity contribution in [1.82, 2.24) is 0 Å². The van der Waals surface area contributed by atoms with Gasteiger partial charge in [-0.3, -0.25) is 0 Å². The van der Waals surface area contributed by atoms with Crippen LogP contribution in [0.25, 0.3) is 0 Å². The summed E-state index contributed by atoms with van der Waals surface area (Å²) < 4.78 is 13.5. The Bertz CT molecular complexity index is 314. The highest BCUT2D eigenvalue weighted by atomic mass is 79.9. The average Bonchev–Trinajstić information content (AvgIpc) is 2.49. The Morgan fingerprint density at radius 1 is 1.62 bits per heavy atom. The first kappa shape index (κ1) is 10.6. The number of carboxylic acid groups (broad SMARTS) is 1. The topological polar surface area (TPSA) is 57.5 Å². The summed E-state index contributed by atoms with van der Waals surface area (Å²) in [6.07, 6.45) is -3.86. The van der Waals surface area contributed by atoms with Crippen molar-refractivity contribution < 1.29 is 19.4 Å². The Morgan fingerprint density at radius 3 is 2.62 bits per heavy atom. The fourth-order valence-corrected chi connectivity index (χ4v) is 2.20. The zero-order chi connectivity index (χ0) is 10.0. The molecular weight excluding hydrogens is 263 g/mol. The highest BCUT2D eigenvalue weighted by molar-refractivity contribution is 9.11. The van der Waals surface area contributed by atoms with Crippen molar-refractivity contribution in [3.63, 3.8) is 0 Å². The van der Waals surface area contributed by atoms with Gasteiger partial charge in [-0.25, -0.2) is 9.18 Å². The van der Waals surface area contributed by atoms with E-state index in [0.29, 0.717) is 4.88 Å². The molecular formula is C7H6BrFO3S. The number of aliphatic carboxylic acids is 1. The number of hydrogen-bond donors (Lipinski definition) is 2. The number of alkyl halides is 1. The number of halogens is 2. The van der Waals surface area contributed by atoms with Gasteiger partial charge < -0.3 is 10.2 Å². The lowest BCUT2D eigenvalue weighted by Crippen LogP contribution is -2.22. The van der Waals surface area contributed by atoms with Crippen LogP contribution in [0.5, 0.6) is 0 Å². The molecule has 0 amide bonds. The second-order valence-electron chi connectivity index (χ2n) is 2.33. The van der Waals surface area contributed by atoms with Gasteiger partial charge >= 0.3 is 5.97 Å². The average molecular weight is 269 g/mol. The molecule has 0 spiro atoms. The summed E-state index contributed by atoms with van der Waals surface area (Å²) in [6, 6.07) is 3.10. The van der Waals surface area contributed by atoms with Crippen LogP contribution >= 0.6 is 27.3 Å². The molecule has 0 aromatic carbocycles. The molecule has 2 atom stereocenters. The molecule has 1 aromatic heterocycles. The minimum absolute atomic E-state index is 0.293. The van der Waals surface area contributed by atoms with Gasteiger partial charge in [-0.1, -0.05) is 0 Å². The molecule has 0 bridgehead atoms. The summed E-state index contributed by atoms with van der Waals surface area (Å²) in [5.41, 5.74) is 0. The third-order valence-corrected chi connectivity index (χ3v) is 3.09. The maximum absolute atomic E-state index is 12.8. The van der Waals surface area contributed by atoms with E-state index >= 15 is 0 Å². The van der Waals surface area contributed by atoms with Crippen molar-refractivity contribution in [3.8, 4) is 0 Å². The first-order valence-electron chi connectivity index (χ1n) is 3.32. The normalized spacial score (nSPS) is 15.3. The SMILES string of the molecule is O=C(O)C(F)C(O)c1ccc(Br)s1. The summed E-state index contributed by atoms with van der Waals surface area (Å²) in [5, 5.41) is 17.5. The van der Waals surface area contributed by atoms with E-state index in [1.54, 1.807) is 6.07 Å². The van der Waals surface area contributed by atoms with Gasteiger partial charge in [0.25, 0.3) is 0 Å². The molecule has 1 rings (SSSR count).